The zero-order valence-corrected chi connectivity index (χ0v) is 15.6. The molecule has 2 N–H and O–H groups in total. The molecule has 0 aliphatic heterocycles. The molecule has 0 saturated carbocycles. The maximum atomic E-state index is 9.56. The monoisotopic (exact) mass is 336 g/mol. The van der Waals surface area contributed by atoms with Gasteiger partial charge in [-0.15, -0.1) is 0 Å². The van der Waals surface area contributed by atoms with Crippen LogP contribution < -0.4 is 0 Å². The van der Waals surface area contributed by atoms with Crippen LogP contribution in [0.5, 0.6) is 0 Å². The molecule has 21 heavy (non-hydrogen) atoms. The molecule has 0 aliphatic rings. The van der Waals surface area contributed by atoms with E-state index in [2.05, 4.69) is 30.4 Å². The molecule has 0 aliphatic carbocycles. The quantitative estimate of drug-likeness (QED) is 0.239. The van der Waals surface area contributed by atoms with Crippen molar-refractivity contribution in [3.8, 4) is 0 Å². The van der Waals surface area contributed by atoms with Crippen LogP contribution in [0.3, 0.4) is 0 Å². The van der Waals surface area contributed by atoms with Gasteiger partial charge in [-0.25, -0.2) is 0 Å². The Balaban J connectivity index is 4.82. The van der Waals surface area contributed by atoms with Gasteiger partial charge in [0.05, 0.1) is 0 Å². The van der Waals surface area contributed by atoms with Crippen molar-refractivity contribution in [3.05, 3.63) is 0 Å². The summed E-state index contributed by atoms with van der Waals surface area (Å²) < 4.78 is 4.09. The Morgan fingerprint density at radius 3 is 1.86 bits per heavy atom. The highest BCUT2D eigenvalue weighted by Gasteiger charge is 2.14. The van der Waals surface area contributed by atoms with Gasteiger partial charge in [-0.2, -0.15) is 4.76 Å². The third-order valence-electron chi connectivity index (χ3n) is 3.43. The summed E-state index contributed by atoms with van der Waals surface area (Å²) in [6.45, 7) is 4.86. The van der Waals surface area contributed by atoms with E-state index >= 15 is 0 Å². The Labute approximate surface area is 135 Å². The van der Waals surface area contributed by atoms with Crippen molar-refractivity contribution in [2.24, 2.45) is 4.76 Å². The Hall–Kier alpha value is 0.0400. The molecule has 0 aromatic heterocycles. The second-order valence-electron chi connectivity index (χ2n) is 5.53. The van der Waals surface area contributed by atoms with Crippen LogP contribution in [0.2, 0.25) is 0 Å². The van der Waals surface area contributed by atoms with Crippen LogP contribution in [0.15, 0.2) is 4.76 Å². The molecule has 126 valence electrons. The molecule has 0 bridgehead atoms. The van der Waals surface area contributed by atoms with Gasteiger partial charge in [0.1, 0.15) is 5.84 Å². The molecule has 0 radical (unpaired) electrons. The number of hydrogen-bond acceptors (Lipinski definition) is 1. The maximum Gasteiger partial charge on any atom is 0.305 e. The average Bonchev–Trinajstić information content (AvgIpc) is 2.41. The lowest BCUT2D eigenvalue weighted by molar-refractivity contribution is 0.387. The fourth-order valence-corrected chi connectivity index (χ4v) is 3.01. The van der Waals surface area contributed by atoms with Gasteiger partial charge >= 0.3 is 6.64 Å². The Morgan fingerprint density at radius 1 is 0.905 bits per heavy atom. The topological polar surface area (TPSA) is 56.1 Å². The van der Waals surface area contributed by atoms with E-state index in [-0.39, 0.29) is 0 Å². The molecule has 6 heteroatoms. The molecule has 0 spiro atoms. The first kappa shape index (κ1) is 21.0. The first-order chi connectivity index (χ1) is 9.94. The third kappa shape index (κ3) is 12.3. The molecule has 0 fully saturated rings. The summed E-state index contributed by atoms with van der Waals surface area (Å²) in [5, 5.41) is 0. The van der Waals surface area contributed by atoms with Crippen LogP contribution in [0, 0.1) is 0 Å². The van der Waals surface area contributed by atoms with E-state index in [1.54, 1.807) is 0 Å². The number of nitrogens with zero attached hydrogens (tertiary/aromatic N) is 2. The minimum Gasteiger partial charge on any atom is -0.360 e. The van der Waals surface area contributed by atoms with Crippen molar-refractivity contribution in [2.45, 2.75) is 78.6 Å². The SMILES string of the molecule is CCCCCCC(=NP(O)(O)=S)N(CCCC)CCCC. The van der Waals surface area contributed by atoms with Crippen molar-refractivity contribution < 1.29 is 9.79 Å². The van der Waals surface area contributed by atoms with Crippen LogP contribution in [-0.4, -0.2) is 33.6 Å². The van der Waals surface area contributed by atoms with Crippen LogP contribution in [0.25, 0.3) is 0 Å². The molecule has 0 heterocycles. The first-order valence-corrected chi connectivity index (χ1v) is 11.0. The molecule has 0 aromatic carbocycles. The molecule has 0 rings (SSSR count). The third-order valence-corrected chi connectivity index (χ3v) is 4.16. The maximum absolute atomic E-state index is 9.56. The lowest BCUT2D eigenvalue weighted by Crippen LogP contribution is -2.33. The number of unbranched alkanes of at least 4 members (excludes halogenated alkanes) is 5. The van der Waals surface area contributed by atoms with E-state index in [9.17, 15) is 9.79 Å². The zero-order valence-electron chi connectivity index (χ0n) is 13.9. The highest BCUT2D eigenvalue weighted by atomic mass is 32.5. The van der Waals surface area contributed by atoms with Crippen LogP contribution in [0.1, 0.15) is 78.6 Å². The van der Waals surface area contributed by atoms with E-state index < -0.39 is 6.64 Å². The van der Waals surface area contributed by atoms with Gasteiger partial charge in [0.25, 0.3) is 0 Å². The molecular formula is C15H33N2O2PS. The highest BCUT2D eigenvalue weighted by molar-refractivity contribution is 8.08. The summed E-state index contributed by atoms with van der Waals surface area (Å²) in [7, 11) is 0. The van der Waals surface area contributed by atoms with Crippen molar-refractivity contribution >= 4 is 24.3 Å². The van der Waals surface area contributed by atoms with Gasteiger partial charge in [0.15, 0.2) is 0 Å². The van der Waals surface area contributed by atoms with Crippen molar-refractivity contribution in [2.75, 3.05) is 13.1 Å². The van der Waals surface area contributed by atoms with Gasteiger partial charge in [-0.05, 0) is 31.1 Å². The van der Waals surface area contributed by atoms with E-state index in [4.69, 9.17) is 11.8 Å². The number of amidine groups is 1. The number of hydrogen-bond donors (Lipinski definition) is 2. The Morgan fingerprint density at radius 2 is 1.43 bits per heavy atom. The largest absolute Gasteiger partial charge is 0.360 e. The van der Waals surface area contributed by atoms with Gasteiger partial charge in [-0.3, -0.25) is 0 Å². The van der Waals surface area contributed by atoms with E-state index in [1.807, 2.05) is 0 Å². The van der Waals surface area contributed by atoms with E-state index in [1.165, 1.54) is 12.8 Å². The molecule has 0 amide bonds. The summed E-state index contributed by atoms with van der Waals surface area (Å²) in [5.74, 6) is 0.807. The standard InChI is InChI=1S/C15H33N2O2PS/c1-4-7-10-11-12-15(16-20(18,19)21)17(13-8-5-2)14-9-6-3/h4-14H2,1-3H3,(H2,18,19,21). The molecule has 0 atom stereocenters. The van der Waals surface area contributed by atoms with Crippen LogP contribution >= 0.6 is 6.64 Å². The zero-order chi connectivity index (χ0) is 16.1. The smallest absolute Gasteiger partial charge is 0.305 e. The predicted octanol–water partition coefficient (Wildman–Crippen LogP) is 4.47. The molecular weight excluding hydrogens is 303 g/mol. The molecule has 0 unspecified atom stereocenters. The van der Waals surface area contributed by atoms with Gasteiger partial charge in [-0.1, -0.05) is 52.9 Å². The highest BCUT2D eigenvalue weighted by Crippen LogP contribution is 2.37. The summed E-state index contributed by atoms with van der Waals surface area (Å²) in [5.41, 5.74) is 0. The minimum atomic E-state index is -3.52. The molecule has 0 aromatic rings. The second kappa shape index (κ2) is 12.6. The summed E-state index contributed by atoms with van der Waals surface area (Å²) in [4.78, 5) is 21.3. The lowest BCUT2D eigenvalue weighted by Gasteiger charge is -2.27. The minimum absolute atomic E-state index is 0.799. The Kier molecular flexibility index (Phi) is 12.6. The molecule has 0 saturated heterocycles. The van der Waals surface area contributed by atoms with Crippen LogP contribution in [-0.2, 0) is 11.8 Å². The normalized spacial score (nSPS) is 12.7. The average molecular weight is 336 g/mol. The van der Waals surface area contributed by atoms with Gasteiger partial charge in [0.2, 0.25) is 0 Å². The number of rotatable bonds is 12. The summed E-state index contributed by atoms with van der Waals surface area (Å²) in [6.07, 6.45) is 9.84. The molecule has 4 nitrogen and oxygen atoms in total. The summed E-state index contributed by atoms with van der Waals surface area (Å²) >= 11 is 4.72. The summed E-state index contributed by atoms with van der Waals surface area (Å²) in [6, 6.07) is 0. The van der Waals surface area contributed by atoms with Crippen molar-refractivity contribution in [3.63, 3.8) is 0 Å². The van der Waals surface area contributed by atoms with Crippen molar-refractivity contribution in [1.82, 2.24) is 4.90 Å². The predicted molar refractivity (Wildman–Crippen MR) is 96.3 cm³/mol. The first-order valence-electron chi connectivity index (χ1n) is 8.34. The lowest BCUT2D eigenvalue weighted by atomic mass is 10.1. The van der Waals surface area contributed by atoms with Crippen molar-refractivity contribution in [1.29, 1.82) is 0 Å². The van der Waals surface area contributed by atoms with Crippen LogP contribution in [0.4, 0.5) is 0 Å². The van der Waals surface area contributed by atoms with Gasteiger partial charge in [0, 0.05) is 19.5 Å². The van der Waals surface area contributed by atoms with Gasteiger partial charge < -0.3 is 14.7 Å². The fraction of sp³-hybridized carbons (Fsp3) is 0.933. The second-order valence-corrected chi connectivity index (χ2v) is 8.23. The Bertz CT molecular complexity index is 324. The van der Waals surface area contributed by atoms with E-state index in [0.29, 0.717) is 0 Å². The fourth-order valence-electron chi connectivity index (χ4n) is 2.20. The van der Waals surface area contributed by atoms with E-state index in [0.717, 1.165) is 63.9 Å².